The zero-order valence-electron chi connectivity index (χ0n) is 10.2. The molecule has 0 aliphatic heterocycles. The van der Waals surface area contributed by atoms with Gasteiger partial charge in [0.05, 0.1) is 10.8 Å². The van der Waals surface area contributed by atoms with Crippen molar-refractivity contribution in [3.8, 4) is 11.8 Å². The van der Waals surface area contributed by atoms with E-state index < -0.39 is 10.7 Å². The number of hydrogen-bond donors (Lipinski definition) is 0. The van der Waals surface area contributed by atoms with Crippen LogP contribution in [0.5, 0.6) is 0 Å². The monoisotopic (exact) mass is 252 g/mol. The Morgan fingerprint density at radius 2 is 1.95 bits per heavy atom. The summed E-state index contributed by atoms with van der Waals surface area (Å²) in [6, 6.07) is 4.36. The van der Waals surface area contributed by atoms with Crippen LogP contribution in [-0.2, 0) is 0 Å². The van der Waals surface area contributed by atoms with Crippen LogP contribution in [0.2, 0.25) is 0 Å². The highest BCUT2D eigenvalue weighted by Crippen LogP contribution is 2.22. The van der Waals surface area contributed by atoms with Gasteiger partial charge in [0.2, 0.25) is 5.78 Å². The molecule has 0 atom stereocenters. The van der Waals surface area contributed by atoms with Crippen LogP contribution in [-0.4, -0.2) is 10.7 Å². The number of Topliss-reactive ketones (excluding diaryl/α,β-unsaturated/α-hetero) is 1. The van der Waals surface area contributed by atoms with E-state index in [0.717, 1.165) is 5.92 Å². The molecular weight excluding hydrogens is 242 g/mol. The van der Waals surface area contributed by atoms with Crippen LogP contribution in [0.3, 0.4) is 0 Å². The fourth-order valence-corrected chi connectivity index (χ4v) is 1.61. The third-order valence-corrected chi connectivity index (χ3v) is 2.65. The van der Waals surface area contributed by atoms with Crippen LogP contribution in [0.1, 0.15) is 15.9 Å². The van der Waals surface area contributed by atoms with Gasteiger partial charge < -0.3 is 0 Å². The molecule has 0 unspecified atom stereocenters. The fraction of sp³-hybridized carbons (Fsp3) is 0.0667. The number of aryl methyl sites for hydroxylation is 1. The molecule has 4 heteroatoms. The fourth-order valence-electron chi connectivity index (χ4n) is 1.61. The van der Waals surface area contributed by atoms with E-state index in [-0.39, 0.29) is 11.3 Å². The summed E-state index contributed by atoms with van der Waals surface area (Å²) < 4.78 is 0. The molecule has 1 aromatic rings. The highest BCUT2D eigenvalue weighted by Gasteiger charge is 2.16. The van der Waals surface area contributed by atoms with E-state index in [1.807, 2.05) is 12.8 Å². The first-order chi connectivity index (χ1) is 9.08. The van der Waals surface area contributed by atoms with Crippen molar-refractivity contribution in [1.82, 2.24) is 0 Å². The van der Waals surface area contributed by atoms with Crippen molar-refractivity contribution in [3.05, 3.63) is 71.0 Å². The second-order valence-electron chi connectivity index (χ2n) is 4.01. The second-order valence-corrected chi connectivity index (χ2v) is 4.01. The number of nitro groups is 1. The Labute approximate surface area is 112 Å². The molecule has 0 aromatic heterocycles. The summed E-state index contributed by atoms with van der Waals surface area (Å²) in [4.78, 5) is 22.1. The lowest BCUT2D eigenvalue weighted by Crippen LogP contribution is -1.99. The Bertz CT molecular complexity index is 575. The summed E-state index contributed by atoms with van der Waals surface area (Å²) in [5, 5.41) is 10.8. The minimum Gasteiger partial charge on any atom is -0.279 e. The van der Waals surface area contributed by atoms with Gasteiger partial charge in [0.1, 0.15) is 0 Å². The first-order valence-corrected chi connectivity index (χ1v) is 5.61. The lowest BCUT2D eigenvalue weighted by molar-refractivity contribution is -0.385. The van der Waals surface area contributed by atoms with Gasteiger partial charge in [0.25, 0.3) is 5.69 Å². The van der Waals surface area contributed by atoms with E-state index in [0.29, 0.717) is 5.56 Å². The lowest BCUT2D eigenvalue weighted by Gasteiger charge is -1.99. The van der Waals surface area contributed by atoms with E-state index in [1.54, 1.807) is 31.9 Å². The number of carbonyl (C=O) groups excluding carboxylic acids is 1. The van der Waals surface area contributed by atoms with Gasteiger partial charge in [-0.25, -0.2) is 0 Å². The SMILES string of the molecule is Cc1ccc(C(=O)C#C[C]2[CH][CH][CH][CH]2)cc1[N+](=O)[O-]. The maximum Gasteiger partial charge on any atom is 0.273 e. The number of rotatable bonds is 2. The van der Waals surface area contributed by atoms with E-state index in [2.05, 4.69) is 11.8 Å². The van der Waals surface area contributed by atoms with Crippen LogP contribution in [0.15, 0.2) is 18.2 Å². The van der Waals surface area contributed by atoms with Crippen molar-refractivity contribution in [2.24, 2.45) is 0 Å². The van der Waals surface area contributed by atoms with Crippen molar-refractivity contribution in [2.45, 2.75) is 6.92 Å². The molecule has 1 aromatic carbocycles. The van der Waals surface area contributed by atoms with E-state index >= 15 is 0 Å². The predicted octanol–water partition coefficient (Wildman–Crippen LogP) is 2.49. The van der Waals surface area contributed by atoms with Crippen molar-refractivity contribution < 1.29 is 9.72 Å². The second kappa shape index (κ2) is 5.66. The van der Waals surface area contributed by atoms with Crippen molar-refractivity contribution in [2.75, 3.05) is 0 Å². The molecule has 1 aliphatic carbocycles. The van der Waals surface area contributed by atoms with Crippen LogP contribution in [0.25, 0.3) is 0 Å². The van der Waals surface area contributed by atoms with Crippen LogP contribution >= 0.6 is 0 Å². The zero-order chi connectivity index (χ0) is 13.8. The molecule has 0 N–H and O–H groups in total. The summed E-state index contributed by atoms with van der Waals surface area (Å²) in [6.07, 6.45) is 7.23. The number of benzene rings is 1. The third kappa shape index (κ3) is 3.19. The molecule has 1 saturated carbocycles. The molecule has 0 spiro atoms. The van der Waals surface area contributed by atoms with Crippen molar-refractivity contribution >= 4 is 11.5 Å². The Balaban J connectivity index is 2.19. The lowest BCUT2D eigenvalue weighted by atomic mass is 10.1. The van der Waals surface area contributed by atoms with E-state index in [9.17, 15) is 14.9 Å². The highest BCUT2D eigenvalue weighted by atomic mass is 16.6. The summed E-state index contributed by atoms with van der Waals surface area (Å²) in [5.41, 5.74) is 0.683. The Hall–Kier alpha value is -2.15. The number of hydrogen-bond acceptors (Lipinski definition) is 3. The molecule has 0 saturated heterocycles. The van der Waals surface area contributed by atoms with Crippen LogP contribution < -0.4 is 0 Å². The third-order valence-electron chi connectivity index (χ3n) is 2.65. The normalized spacial score (nSPS) is 14.8. The first-order valence-electron chi connectivity index (χ1n) is 5.61. The largest absolute Gasteiger partial charge is 0.279 e. The molecule has 1 fully saturated rings. The molecule has 19 heavy (non-hydrogen) atoms. The summed E-state index contributed by atoms with van der Waals surface area (Å²) in [6.45, 7) is 1.63. The smallest absolute Gasteiger partial charge is 0.273 e. The van der Waals surface area contributed by atoms with Gasteiger partial charge in [-0.05, 0) is 44.6 Å². The quantitative estimate of drug-likeness (QED) is 0.267. The van der Waals surface area contributed by atoms with E-state index in [4.69, 9.17) is 0 Å². The minimum atomic E-state index is -0.503. The topological polar surface area (TPSA) is 60.2 Å². The molecule has 2 rings (SSSR count). The molecule has 93 valence electrons. The Kier molecular flexibility index (Phi) is 3.96. The molecular formula is C15H10NO3. The minimum absolute atomic E-state index is 0.0686. The number of nitro benzene ring substituents is 1. The maximum atomic E-state index is 11.8. The van der Waals surface area contributed by atoms with Crippen molar-refractivity contribution in [3.63, 3.8) is 0 Å². The van der Waals surface area contributed by atoms with Gasteiger partial charge in [0, 0.05) is 17.2 Å². The number of carbonyl (C=O) groups is 1. The standard InChI is InChI=1S/C15H10NO3/c1-11-6-8-13(10-14(11)16(18)19)15(17)9-7-12-4-2-3-5-12/h2-6,8,10H,1H3. The molecule has 1 aliphatic rings. The zero-order valence-corrected chi connectivity index (χ0v) is 10.2. The first kappa shape index (κ1) is 13.3. The Morgan fingerprint density at radius 3 is 2.58 bits per heavy atom. The number of ketones is 1. The summed E-state index contributed by atoms with van der Waals surface area (Å²) >= 11 is 0. The van der Waals surface area contributed by atoms with Gasteiger partial charge in [-0.3, -0.25) is 14.9 Å². The van der Waals surface area contributed by atoms with Gasteiger partial charge >= 0.3 is 0 Å². The predicted molar refractivity (Wildman–Crippen MR) is 70.4 cm³/mol. The molecule has 0 bridgehead atoms. The molecule has 5 radical (unpaired) electrons. The average Bonchev–Trinajstić information content (AvgIpc) is 2.89. The molecule has 0 heterocycles. The van der Waals surface area contributed by atoms with Gasteiger partial charge in [-0.2, -0.15) is 0 Å². The van der Waals surface area contributed by atoms with Crippen LogP contribution in [0, 0.1) is 60.5 Å². The summed E-state index contributed by atoms with van der Waals surface area (Å²) in [5.74, 6) is 5.51. The summed E-state index contributed by atoms with van der Waals surface area (Å²) in [7, 11) is 0. The average molecular weight is 252 g/mol. The van der Waals surface area contributed by atoms with E-state index in [1.165, 1.54) is 6.07 Å². The van der Waals surface area contributed by atoms with Crippen LogP contribution in [0.4, 0.5) is 5.69 Å². The molecule has 4 nitrogen and oxygen atoms in total. The van der Waals surface area contributed by atoms with Gasteiger partial charge in [0.15, 0.2) is 0 Å². The van der Waals surface area contributed by atoms with Crippen molar-refractivity contribution in [1.29, 1.82) is 0 Å². The Morgan fingerprint density at radius 1 is 1.26 bits per heavy atom. The number of nitrogens with zero attached hydrogens (tertiary/aromatic N) is 1. The maximum absolute atomic E-state index is 11.8. The molecule has 0 amide bonds. The highest BCUT2D eigenvalue weighted by molar-refractivity contribution is 6.09. The van der Waals surface area contributed by atoms with Gasteiger partial charge in [-0.1, -0.05) is 12.0 Å². The van der Waals surface area contributed by atoms with Gasteiger partial charge in [-0.15, -0.1) is 0 Å².